The van der Waals surface area contributed by atoms with E-state index < -0.39 is 15.5 Å². The average Bonchev–Trinajstić information content (AvgIpc) is 2.49. The van der Waals surface area contributed by atoms with Crippen LogP contribution in [0.15, 0.2) is 30.3 Å². The van der Waals surface area contributed by atoms with Crippen molar-refractivity contribution in [3.05, 3.63) is 30.3 Å². The van der Waals surface area contributed by atoms with Gasteiger partial charge in [-0.3, -0.25) is 0 Å². The van der Waals surface area contributed by atoms with E-state index in [0.29, 0.717) is 17.3 Å². The van der Waals surface area contributed by atoms with Gasteiger partial charge in [0, 0.05) is 13.1 Å². The summed E-state index contributed by atoms with van der Waals surface area (Å²) >= 11 is 0. The Bertz CT molecular complexity index is 554. The first-order valence-electron chi connectivity index (χ1n) is 7.67. The van der Waals surface area contributed by atoms with E-state index >= 15 is 0 Å². The van der Waals surface area contributed by atoms with Crippen molar-refractivity contribution in [3.63, 3.8) is 0 Å². The molecule has 0 saturated carbocycles. The topological polar surface area (TPSA) is 40.6 Å². The van der Waals surface area contributed by atoms with E-state index in [2.05, 4.69) is 0 Å². The highest BCUT2D eigenvalue weighted by atomic mass is 32.2. The summed E-state index contributed by atoms with van der Waals surface area (Å²) in [5, 5.41) is 1.28. The van der Waals surface area contributed by atoms with Gasteiger partial charge in [0.2, 0.25) is 0 Å². The van der Waals surface area contributed by atoms with Crippen LogP contribution in [0.25, 0.3) is 0 Å². The minimum atomic E-state index is -5.49. The van der Waals surface area contributed by atoms with Crippen molar-refractivity contribution in [2.24, 2.45) is 0 Å². The molecule has 1 aromatic carbocycles. The van der Waals surface area contributed by atoms with Gasteiger partial charge in [-0.25, -0.2) is 5.01 Å². The summed E-state index contributed by atoms with van der Waals surface area (Å²) in [6, 6.07) is 7.41. The average molecular weight is 352 g/mol. The monoisotopic (exact) mass is 352 g/mol. The first-order valence-corrected chi connectivity index (χ1v) is 9.11. The molecule has 132 valence electrons. The standard InChI is InChI=1S/C15H23F3N2O2S/c1-3-5-12-19(13-6-4-2)20(14-10-8-7-9-11-14)23(21,22)15(16,17)18/h7-11H,3-6,12-13H2,1-2H3. The fourth-order valence-corrected chi connectivity index (χ4v) is 3.15. The number of hydrogen-bond donors (Lipinski definition) is 0. The van der Waals surface area contributed by atoms with Crippen molar-refractivity contribution >= 4 is 15.7 Å². The Hall–Kier alpha value is -1.28. The van der Waals surface area contributed by atoms with Crippen LogP contribution < -0.4 is 4.41 Å². The Kier molecular flexibility index (Phi) is 7.34. The highest BCUT2D eigenvalue weighted by Gasteiger charge is 2.52. The quantitative estimate of drug-likeness (QED) is 0.627. The molecular weight excluding hydrogens is 329 g/mol. The smallest absolute Gasteiger partial charge is 0.206 e. The van der Waals surface area contributed by atoms with Gasteiger partial charge in [-0.2, -0.15) is 26.0 Å². The van der Waals surface area contributed by atoms with Crippen LogP contribution in [-0.2, 0) is 10.0 Å². The molecule has 0 saturated heterocycles. The molecule has 0 atom stereocenters. The van der Waals surface area contributed by atoms with Gasteiger partial charge in [0.05, 0.1) is 5.69 Å². The van der Waals surface area contributed by atoms with E-state index in [1.807, 2.05) is 13.8 Å². The third-order valence-electron chi connectivity index (χ3n) is 3.29. The van der Waals surface area contributed by atoms with Crippen LogP contribution in [0.4, 0.5) is 18.9 Å². The lowest BCUT2D eigenvalue weighted by Gasteiger charge is -2.35. The lowest BCUT2D eigenvalue weighted by molar-refractivity contribution is -0.0453. The Balaban J connectivity index is 3.31. The van der Waals surface area contributed by atoms with E-state index in [4.69, 9.17) is 0 Å². The maximum atomic E-state index is 13.1. The predicted octanol–water partition coefficient (Wildman–Crippen LogP) is 4.16. The number of para-hydroxylation sites is 1. The molecule has 0 aromatic heterocycles. The van der Waals surface area contributed by atoms with Crippen molar-refractivity contribution in [2.75, 3.05) is 17.5 Å². The second kappa shape index (κ2) is 8.54. The van der Waals surface area contributed by atoms with Gasteiger partial charge in [-0.05, 0) is 25.0 Å². The molecule has 0 aliphatic carbocycles. The molecule has 0 spiro atoms. The summed E-state index contributed by atoms with van der Waals surface area (Å²) in [5.41, 5.74) is -5.35. The molecule has 0 fully saturated rings. The molecule has 0 radical (unpaired) electrons. The van der Waals surface area contributed by atoms with E-state index in [1.54, 1.807) is 6.07 Å². The maximum Gasteiger partial charge on any atom is 0.518 e. The lowest BCUT2D eigenvalue weighted by Crippen LogP contribution is -2.52. The Morgan fingerprint density at radius 2 is 1.43 bits per heavy atom. The number of nitrogens with zero attached hydrogens (tertiary/aromatic N) is 2. The molecule has 4 nitrogen and oxygen atoms in total. The zero-order valence-corrected chi connectivity index (χ0v) is 14.2. The lowest BCUT2D eigenvalue weighted by atomic mass is 10.3. The summed E-state index contributed by atoms with van der Waals surface area (Å²) in [7, 11) is -5.49. The molecule has 0 heterocycles. The number of alkyl halides is 3. The van der Waals surface area contributed by atoms with Gasteiger partial charge < -0.3 is 0 Å². The molecule has 0 N–H and O–H groups in total. The minimum Gasteiger partial charge on any atom is -0.206 e. The second-order valence-electron chi connectivity index (χ2n) is 5.19. The summed E-state index contributed by atoms with van der Waals surface area (Å²) in [5.74, 6) is 0. The highest BCUT2D eigenvalue weighted by Crippen LogP contribution is 2.32. The molecule has 0 amide bonds. The Morgan fingerprint density at radius 3 is 1.83 bits per heavy atom. The van der Waals surface area contributed by atoms with Crippen LogP contribution in [0.3, 0.4) is 0 Å². The first kappa shape index (κ1) is 19.8. The molecule has 23 heavy (non-hydrogen) atoms. The normalized spacial score (nSPS) is 12.6. The molecule has 0 aliphatic rings. The molecule has 8 heteroatoms. The highest BCUT2D eigenvalue weighted by molar-refractivity contribution is 7.93. The first-order chi connectivity index (χ1) is 10.8. The van der Waals surface area contributed by atoms with Crippen molar-refractivity contribution in [3.8, 4) is 0 Å². The number of hydrogen-bond acceptors (Lipinski definition) is 3. The van der Waals surface area contributed by atoms with Crippen molar-refractivity contribution < 1.29 is 21.6 Å². The largest absolute Gasteiger partial charge is 0.518 e. The van der Waals surface area contributed by atoms with Crippen LogP contribution >= 0.6 is 0 Å². The maximum absolute atomic E-state index is 13.1. The van der Waals surface area contributed by atoms with Crippen molar-refractivity contribution in [1.82, 2.24) is 5.01 Å². The summed E-state index contributed by atoms with van der Waals surface area (Å²) in [6.45, 7) is 4.31. The fraction of sp³-hybridized carbons (Fsp3) is 0.600. The van der Waals surface area contributed by atoms with E-state index in [0.717, 1.165) is 12.8 Å². The number of sulfonamides is 1. The fourth-order valence-electron chi connectivity index (χ4n) is 2.08. The van der Waals surface area contributed by atoms with Gasteiger partial charge >= 0.3 is 15.5 Å². The molecule has 0 unspecified atom stereocenters. The third kappa shape index (κ3) is 5.10. The van der Waals surface area contributed by atoms with Gasteiger partial charge in [0.15, 0.2) is 0 Å². The van der Waals surface area contributed by atoms with Crippen molar-refractivity contribution in [2.45, 2.75) is 45.0 Å². The van der Waals surface area contributed by atoms with Gasteiger partial charge in [-0.1, -0.05) is 44.9 Å². The van der Waals surface area contributed by atoms with Crippen LogP contribution in [0.5, 0.6) is 0 Å². The molecule has 0 aliphatic heterocycles. The minimum absolute atomic E-state index is 0.00275. The molecule has 0 bridgehead atoms. The number of anilines is 1. The number of hydrazine groups is 1. The SMILES string of the molecule is CCCCN(CCCC)N(c1ccccc1)S(=O)(=O)C(F)(F)F. The van der Waals surface area contributed by atoms with Crippen LogP contribution in [-0.4, -0.2) is 32.0 Å². The molecule has 1 aromatic rings. The second-order valence-corrected chi connectivity index (χ2v) is 6.95. The van der Waals surface area contributed by atoms with E-state index in [-0.39, 0.29) is 18.8 Å². The Morgan fingerprint density at radius 1 is 0.957 bits per heavy atom. The number of benzene rings is 1. The van der Waals surface area contributed by atoms with Crippen LogP contribution in [0, 0.1) is 0 Å². The van der Waals surface area contributed by atoms with E-state index in [9.17, 15) is 21.6 Å². The zero-order valence-electron chi connectivity index (χ0n) is 13.4. The van der Waals surface area contributed by atoms with Crippen LogP contribution in [0.1, 0.15) is 39.5 Å². The molecular formula is C15H23F3N2O2S. The summed E-state index contributed by atoms with van der Waals surface area (Å²) in [6.07, 6.45) is 2.75. The number of rotatable bonds is 9. The predicted molar refractivity (Wildman–Crippen MR) is 85.3 cm³/mol. The molecule has 1 rings (SSSR count). The Labute approximate surface area is 135 Å². The van der Waals surface area contributed by atoms with Gasteiger partial charge in [0.1, 0.15) is 0 Å². The number of halogens is 3. The third-order valence-corrected chi connectivity index (χ3v) is 4.78. The van der Waals surface area contributed by atoms with Gasteiger partial charge in [-0.15, -0.1) is 0 Å². The summed E-state index contributed by atoms with van der Waals surface area (Å²) < 4.78 is 63.9. The summed E-state index contributed by atoms with van der Waals surface area (Å²) in [4.78, 5) is 0. The van der Waals surface area contributed by atoms with E-state index in [1.165, 1.54) is 29.3 Å². The zero-order chi connectivity index (χ0) is 17.5. The number of unbranched alkanes of at least 4 members (excludes halogenated alkanes) is 2. The van der Waals surface area contributed by atoms with Gasteiger partial charge in [0.25, 0.3) is 0 Å². The van der Waals surface area contributed by atoms with Crippen molar-refractivity contribution in [1.29, 1.82) is 0 Å². The van der Waals surface area contributed by atoms with Crippen LogP contribution in [0.2, 0.25) is 0 Å².